The predicted octanol–water partition coefficient (Wildman–Crippen LogP) is 1.12. The molecule has 1 aromatic heterocycles. The van der Waals surface area contributed by atoms with E-state index in [2.05, 4.69) is 17.3 Å². The van der Waals surface area contributed by atoms with E-state index in [4.69, 9.17) is 9.47 Å². The maximum Gasteiger partial charge on any atom is 0.161 e. The number of rotatable bonds is 5. The monoisotopic (exact) mass is 239 g/mol. The first-order chi connectivity index (χ1) is 8.27. The van der Waals surface area contributed by atoms with Gasteiger partial charge in [-0.15, -0.1) is 0 Å². The van der Waals surface area contributed by atoms with Gasteiger partial charge in [-0.2, -0.15) is 5.10 Å². The standard InChI is InChI=1S/C12H21N3O2/c1-4-13-11(9-5-6-17-8-9)12-10(16-3)7-14-15(12)2/h7,9,11,13H,4-6,8H2,1-3H3. The number of aromatic nitrogens is 2. The highest BCUT2D eigenvalue weighted by atomic mass is 16.5. The Morgan fingerprint density at radius 3 is 3.12 bits per heavy atom. The third-order valence-electron chi connectivity index (χ3n) is 3.32. The van der Waals surface area contributed by atoms with Gasteiger partial charge in [-0.1, -0.05) is 6.92 Å². The van der Waals surface area contributed by atoms with Crippen LogP contribution in [0.4, 0.5) is 0 Å². The van der Waals surface area contributed by atoms with E-state index in [0.717, 1.165) is 37.6 Å². The molecular weight excluding hydrogens is 218 g/mol. The molecule has 1 fully saturated rings. The van der Waals surface area contributed by atoms with Crippen LogP contribution >= 0.6 is 0 Å². The largest absolute Gasteiger partial charge is 0.493 e. The van der Waals surface area contributed by atoms with Gasteiger partial charge >= 0.3 is 0 Å². The van der Waals surface area contributed by atoms with Gasteiger partial charge in [0.25, 0.3) is 0 Å². The van der Waals surface area contributed by atoms with Gasteiger partial charge in [-0.3, -0.25) is 4.68 Å². The molecular formula is C12H21N3O2. The number of nitrogens with zero attached hydrogens (tertiary/aromatic N) is 2. The zero-order valence-corrected chi connectivity index (χ0v) is 10.8. The fourth-order valence-corrected chi connectivity index (χ4v) is 2.46. The average molecular weight is 239 g/mol. The van der Waals surface area contributed by atoms with Crippen LogP contribution in [0.5, 0.6) is 5.75 Å². The van der Waals surface area contributed by atoms with Crippen LogP contribution in [-0.2, 0) is 11.8 Å². The zero-order chi connectivity index (χ0) is 12.3. The number of methoxy groups -OCH3 is 1. The Hall–Kier alpha value is -1.07. The van der Waals surface area contributed by atoms with Crippen molar-refractivity contribution in [2.45, 2.75) is 19.4 Å². The van der Waals surface area contributed by atoms with Crippen LogP contribution in [0.1, 0.15) is 25.1 Å². The molecule has 96 valence electrons. The summed E-state index contributed by atoms with van der Waals surface area (Å²) >= 11 is 0. The fourth-order valence-electron chi connectivity index (χ4n) is 2.46. The van der Waals surface area contributed by atoms with Crippen molar-refractivity contribution in [3.05, 3.63) is 11.9 Å². The molecule has 0 radical (unpaired) electrons. The van der Waals surface area contributed by atoms with E-state index in [9.17, 15) is 0 Å². The summed E-state index contributed by atoms with van der Waals surface area (Å²) in [6.07, 6.45) is 2.86. The summed E-state index contributed by atoms with van der Waals surface area (Å²) in [6, 6.07) is 0.255. The topological polar surface area (TPSA) is 48.3 Å². The summed E-state index contributed by atoms with van der Waals surface area (Å²) in [5, 5.41) is 7.79. The summed E-state index contributed by atoms with van der Waals surface area (Å²) in [6.45, 7) is 4.71. The first-order valence-electron chi connectivity index (χ1n) is 6.15. The van der Waals surface area contributed by atoms with Crippen LogP contribution < -0.4 is 10.1 Å². The summed E-state index contributed by atoms with van der Waals surface area (Å²) in [5.74, 6) is 1.35. The van der Waals surface area contributed by atoms with Gasteiger partial charge in [0.1, 0.15) is 0 Å². The van der Waals surface area contributed by atoms with Crippen molar-refractivity contribution in [1.82, 2.24) is 15.1 Å². The van der Waals surface area contributed by atoms with Crippen LogP contribution in [0.3, 0.4) is 0 Å². The first kappa shape index (κ1) is 12.4. The van der Waals surface area contributed by atoms with Gasteiger partial charge in [0.15, 0.2) is 5.75 Å². The second kappa shape index (κ2) is 5.51. The van der Waals surface area contributed by atoms with Crippen molar-refractivity contribution in [2.24, 2.45) is 13.0 Å². The molecule has 17 heavy (non-hydrogen) atoms. The van der Waals surface area contributed by atoms with E-state index >= 15 is 0 Å². The van der Waals surface area contributed by atoms with Crippen LogP contribution in [0.25, 0.3) is 0 Å². The molecule has 0 aliphatic carbocycles. The molecule has 1 aliphatic rings. The third-order valence-corrected chi connectivity index (χ3v) is 3.32. The van der Waals surface area contributed by atoms with Crippen molar-refractivity contribution in [3.8, 4) is 5.75 Å². The lowest BCUT2D eigenvalue weighted by Gasteiger charge is -2.24. The highest BCUT2D eigenvalue weighted by Gasteiger charge is 2.30. The van der Waals surface area contributed by atoms with Gasteiger partial charge in [0.2, 0.25) is 0 Å². The van der Waals surface area contributed by atoms with E-state index in [0.29, 0.717) is 5.92 Å². The minimum atomic E-state index is 0.255. The Bertz CT molecular complexity index is 359. The summed E-state index contributed by atoms with van der Waals surface area (Å²) in [4.78, 5) is 0. The lowest BCUT2D eigenvalue weighted by Crippen LogP contribution is -2.30. The molecule has 2 atom stereocenters. The molecule has 0 aromatic carbocycles. The predicted molar refractivity (Wildman–Crippen MR) is 65.1 cm³/mol. The van der Waals surface area contributed by atoms with E-state index in [1.54, 1.807) is 13.3 Å². The number of ether oxygens (including phenoxy) is 2. The SMILES string of the molecule is CCNC(c1c(OC)cnn1C)C1CCOC1. The second-order valence-electron chi connectivity index (χ2n) is 4.38. The van der Waals surface area contributed by atoms with Gasteiger partial charge in [0, 0.05) is 19.6 Å². The van der Waals surface area contributed by atoms with E-state index in [1.165, 1.54) is 0 Å². The summed E-state index contributed by atoms with van der Waals surface area (Å²) < 4.78 is 12.8. The van der Waals surface area contributed by atoms with Gasteiger partial charge in [0.05, 0.1) is 31.6 Å². The molecule has 0 amide bonds. The Labute approximate surface area is 102 Å². The van der Waals surface area contributed by atoms with Crippen molar-refractivity contribution < 1.29 is 9.47 Å². The molecule has 1 saturated heterocycles. The Morgan fingerprint density at radius 1 is 1.71 bits per heavy atom. The van der Waals surface area contributed by atoms with Gasteiger partial charge < -0.3 is 14.8 Å². The smallest absolute Gasteiger partial charge is 0.161 e. The number of hydrogen-bond acceptors (Lipinski definition) is 4. The molecule has 0 bridgehead atoms. The molecule has 5 heteroatoms. The second-order valence-corrected chi connectivity index (χ2v) is 4.38. The minimum absolute atomic E-state index is 0.255. The molecule has 2 rings (SSSR count). The highest BCUT2D eigenvalue weighted by Crippen LogP contribution is 2.33. The number of aryl methyl sites for hydroxylation is 1. The summed E-state index contributed by atoms with van der Waals surface area (Å²) in [7, 11) is 3.65. The van der Waals surface area contributed by atoms with Crippen LogP contribution in [-0.4, -0.2) is 36.6 Å². The maximum atomic E-state index is 5.49. The quantitative estimate of drug-likeness (QED) is 0.836. The summed E-state index contributed by atoms with van der Waals surface area (Å²) in [5.41, 5.74) is 1.12. The highest BCUT2D eigenvalue weighted by molar-refractivity contribution is 5.29. The normalized spacial score (nSPS) is 21.7. The van der Waals surface area contributed by atoms with E-state index < -0.39 is 0 Å². The molecule has 2 unspecified atom stereocenters. The molecule has 1 N–H and O–H groups in total. The lowest BCUT2D eigenvalue weighted by atomic mass is 9.95. The zero-order valence-electron chi connectivity index (χ0n) is 10.8. The fraction of sp³-hybridized carbons (Fsp3) is 0.750. The first-order valence-corrected chi connectivity index (χ1v) is 6.15. The van der Waals surface area contributed by atoms with Crippen molar-refractivity contribution >= 4 is 0 Å². The minimum Gasteiger partial charge on any atom is -0.493 e. The van der Waals surface area contributed by atoms with Gasteiger partial charge in [-0.05, 0) is 13.0 Å². The molecule has 1 aromatic rings. The van der Waals surface area contributed by atoms with Crippen molar-refractivity contribution in [2.75, 3.05) is 26.9 Å². The van der Waals surface area contributed by atoms with E-state index in [-0.39, 0.29) is 6.04 Å². The van der Waals surface area contributed by atoms with Crippen LogP contribution in [0, 0.1) is 5.92 Å². The van der Waals surface area contributed by atoms with Crippen molar-refractivity contribution in [1.29, 1.82) is 0 Å². The maximum absolute atomic E-state index is 5.49. The molecule has 0 spiro atoms. The number of nitrogens with one attached hydrogen (secondary N) is 1. The lowest BCUT2D eigenvalue weighted by molar-refractivity contribution is 0.175. The van der Waals surface area contributed by atoms with Crippen LogP contribution in [0.15, 0.2) is 6.20 Å². The Morgan fingerprint density at radius 2 is 2.53 bits per heavy atom. The molecule has 5 nitrogen and oxygen atoms in total. The molecule has 0 saturated carbocycles. The average Bonchev–Trinajstić information content (AvgIpc) is 2.95. The number of hydrogen-bond donors (Lipinski definition) is 1. The molecule has 2 heterocycles. The van der Waals surface area contributed by atoms with Crippen molar-refractivity contribution in [3.63, 3.8) is 0 Å². The van der Waals surface area contributed by atoms with E-state index in [1.807, 2.05) is 11.7 Å². The van der Waals surface area contributed by atoms with Gasteiger partial charge in [-0.25, -0.2) is 0 Å². The third kappa shape index (κ3) is 2.45. The Kier molecular flexibility index (Phi) is 4.02. The van der Waals surface area contributed by atoms with Crippen LogP contribution in [0.2, 0.25) is 0 Å². The molecule has 1 aliphatic heterocycles. The Balaban J connectivity index is 2.27.